The molecular formula is C18H29ClN4S. The lowest BCUT2D eigenvalue weighted by Crippen LogP contribution is -2.10. The number of hydrogen-bond acceptors (Lipinski definition) is 5. The van der Waals surface area contributed by atoms with Crippen molar-refractivity contribution in [1.29, 1.82) is 0 Å². The molecule has 0 bridgehead atoms. The molecule has 6 heteroatoms. The van der Waals surface area contributed by atoms with E-state index in [2.05, 4.69) is 49.3 Å². The summed E-state index contributed by atoms with van der Waals surface area (Å²) in [7, 11) is 2.17. The molecule has 0 saturated carbocycles. The molecule has 2 N–H and O–H groups in total. The highest BCUT2D eigenvalue weighted by atomic mass is 35.5. The summed E-state index contributed by atoms with van der Waals surface area (Å²) in [6, 6.07) is 1.86. The smallest absolute Gasteiger partial charge is 0.224 e. The third kappa shape index (κ3) is 8.08. The standard InChI is InChI=1S/C7H14.C6H4ClN3S.C5H11N/c1-5-6-7(2,3)4;7-6-9-3-1-2-11-4(3)5(8)10-6;1-6-4-2-3-5-6/h5H,1,6H2,2-4H3;1-2H,(H2,8,9,10);2-5H2,1H3. The van der Waals surface area contributed by atoms with Crippen LogP contribution in [0, 0.1) is 5.41 Å². The third-order valence-corrected chi connectivity index (χ3v) is 4.48. The maximum atomic E-state index is 5.58. The summed E-state index contributed by atoms with van der Waals surface area (Å²) in [6.45, 7) is 12.9. The van der Waals surface area contributed by atoms with E-state index in [1.54, 1.807) is 0 Å². The number of likely N-dealkylation sites (tertiary alicyclic amines) is 1. The first-order valence-electron chi connectivity index (χ1n) is 8.18. The van der Waals surface area contributed by atoms with Crippen molar-refractivity contribution in [3.8, 4) is 0 Å². The molecule has 0 aliphatic carbocycles. The fourth-order valence-corrected chi connectivity index (χ4v) is 3.08. The Kier molecular flexibility index (Phi) is 8.67. The second-order valence-corrected chi connectivity index (χ2v) is 8.33. The van der Waals surface area contributed by atoms with Crippen LogP contribution >= 0.6 is 22.9 Å². The normalized spacial score (nSPS) is 14.5. The van der Waals surface area contributed by atoms with Crippen molar-refractivity contribution in [3.63, 3.8) is 0 Å². The van der Waals surface area contributed by atoms with Crippen LogP contribution in [0.2, 0.25) is 5.28 Å². The van der Waals surface area contributed by atoms with Gasteiger partial charge in [-0.05, 0) is 67.9 Å². The average Bonchev–Trinajstić information content (AvgIpc) is 3.09. The van der Waals surface area contributed by atoms with Gasteiger partial charge in [0.15, 0.2) is 0 Å². The van der Waals surface area contributed by atoms with Gasteiger partial charge in [0.1, 0.15) is 5.82 Å². The number of nitrogens with zero attached hydrogens (tertiary/aromatic N) is 3. The quantitative estimate of drug-likeness (QED) is 0.551. The lowest BCUT2D eigenvalue weighted by molar-refractivity contribution is 0.418. The van der Waals surface area contributed by atoms with E-state index in [4.69, 9.17) is 17.3 Å². The van der Waals surface area contributed by atoms with E-state index in [0.29, 0.717) is 11.2 Å². The Morgan fingerprint density at radius 3 is 2.38 bits per heavy atom. The number of aromatic nitrogens is 2. The van der Waals surface area contributed by atoms with Gasteiger partial charge < -0.3 is 10.6 Å². The largest absolute Gasteiger partial charge is 0.382 e. The van der Waals surface area contributed by atoms with Gasteiger partial charge in [-0.2, -0.15) is 4.98 Å². The molecule has 3 rings (SSSR count). The summed E-state index contributed by atoms with van der Waals surface area (Å²) >= 11 is 7.10. The zero-order valence-electron chi connectivity index (χ0n) is 15.2. The van der Waals surface area contributed by atoms with E-state index in [1.165, 1.54) is 37.3 Å². The molecule has 3 heterocycles. The number of nitrogens with two attached hydrogens (primary N) is 1. The van der Waals surface area contributed by atoms with Crippen LogP contribution in [0.5, 0.6) is 0 Å². The van der Waals surface area contributed by atoms with Crippen molar-refractivity contribution in [2.75, 3.05) is 25.9 Å². The van der Waals surface area contributed by atoms with Gasteiger partial charge in [-0.3, -0.25) is 0 Å². The minimum atomic E-state index is 0.202. The highest BCUT2D eigenvalue weighted by Gasteiger charge is 2.05. The van der Waals surface area contributed by atoms with Crippen LogP contribution < -0.4 is 5.73 Å². The van der Waals surface area contributed by atoms with Gasteiger partial charge in [0.25, 0.3) is 0 Å². The molecule has 2 aromatic heterocycles. The second-order valence-electron chi connectivity index (χ2n) is 7.08. The van der Waals surface area contributed by atoms with E-state index in [-0.39, 0.29) is 5.28 Å². The summed E-state index contributed by atoms with van der Waals surface area (Å²) in [6.07, 6.45) is 5.89. The summed E-state index contributed by atoms with van der Waals surface area (Å²) < 4.78 is 0.898. The first kappa shape index (κ1) is 20.9. The van der Waals surface area contributed by atoms with Crippen LogP contribution in [0.4, 0.5) is 5.82 Å². The summed E-state index contributed by atoms with van der Waals surface area (Å²) in [4.78, 5) is 10.2. The van der Waals surface area contributed by atoms with E-state index in [9.17, 15) is 0 Å². The van der Waals surface area contributed by atoms with Crippen LogP contribution in [0.25, 0.3) is 10.2 Å². The van der Waals surface area contributed by atoms with Gasteiger partial charge in [-0.15, -0.1) is 17.9 Å². The van der Waals surface area contributed by atoms with Gasteiger partial charge in [0.2, 0.25) is 5.28 Å². The second kappa shape index (κ2) is 9.97. The van der Waals surface area contributed by atoms with Crippen molar-refractivity contribution < 1.29 is 0 Å². The number of halogens is 1. The third-order valence-electron chi connectivity index (χ3n) is 3.39. The molecule has 1 fully saturated rings. The lowest BCUT2D eigenvalue weighted by Gasteiger charge is -2.13. The van der Waals surface area contributed by atoms with Gasteiger partial charge in [0.05, 0.1) is 10.2 Å². The van der Waals surface area contributed by atoms with Crippen molar-refractivity contribution >= 4 is 39.0 Å². The zero-order chi connectivity index (χ0) is 18.2. The minimum absolute atomic E-state index is 0.202. The number of thiophene rings is 1. The molecule has 0 amide bonds. The molecule has 0 radical (unpaired) electrons. The molecule has 0 aromatic carbocycles. The molecule has 1 aliphatic heterocycles. The maximum Gasteiger partial charge on any atom is 0.224 e. The highest BCUT2D eigenvalue weighted by molar-refractivity contribution is 7.17. The zero-order valence-corrected chi connectivity index (χ0v) is 16.8. The first-order chi connectivity index (χ1) is 11.2. The van der Waals surface area contributed by atoms with E-state index in [1.807, 2.05) is 17.5 Å². The molecule has 0 spiro atoms. The number of rotatable bonds is 1. The van der Waals surface area contributed by atoms with Crippen molar-refractivity contribution in [3.05, 3.63) is 29.4 Å². The highest BCUT2D eigenvalue weighted by Crippen LogP contribution is 2.24. The molecule has 2 aromatic rings. The van der Waals surface area contributed by atoms with Crippen LogP contribution in [-0.2, 0) is 0 Å². The fourth-order valence-electron chi connectivity index (χ4n) is 2.17. The van der Waals surface area contributed by atoms with Crippen LogP contribution in [0.1, 0.15) is 40.0 Å². The number of allylic oxidation sites excluding steroid dienone is 1. The van der Waals surface area contributed by atoms with Crippen LogP contribution in [-0.4, -0.2) is 35.0 Å². The van der Waals surface area contributed by atoms with E-state index < -0.39 is 0 Å². The topological polar surface area (TPSA) is 55.0 Å². The Morgan fingerprint density at radius 1 is 1.33 bits per heavy atom. The number of anilines is 1. The average molecular weight is 369 g/mol. The molecule has 1 aliphatic rings. The van der Waals surface area contributed by atoms with E-state index >= 15 is 0 Å². The SMILES string of the molecule is C=CCC(C)(C)C.CN1CCCC1.Nc1nc(Cl)nc2ccsc12. The van der Waals surface area contributed by atoms with Gasteiger partial charge in [0, 0.05) is 0 Å². The Bertz CT molecular complexity index is 627. The monoisotopic (exact) mass is 368 g/mol. The predicted molar refractivity (Wildman–Crippen MR) is 108 cm³/mol. The summed E-state index contributed by atoms with van der Waals surface area (Å²) in [5.74, 6) is 0.454. The van der Waals surface area contributed by atoms with Gasteiger partial charge >= 0.3 is 0 Å². The molecule has 24 heavy (non-hydrogen) atoms. The van der Waals surface area contributed by atoms with Crippen molar-refractivity contribution in [2.45, 2.75) is 40.0 Å². The number of nitrogen functional groups attached to an aromatic ring is 1. The molecule has 134 valence electrons. The van der Waals surface area contributed by atoms with Crippen molar-refractivity contribution in [2.24, 2.45) is 5.41 Å². The lowest BCUT2D eigenvalue weighted by atomic mass is 9.93. The number of fused-ring (bicyclic) bond motifs is 1. The van der Waals surface area contributed by atoms with E-state index in [0.717, 1.165) is 16.6 Å². The number of hydrogen-bond donors (Lipinski definition) is 1. The van der Waals surface area contributed by atoms with Gasteiger partial charge in [-0.25, -0.2) is 4.98 Å². The molecular weight excluding hydrogens is 340 g/mol. The Balaban J connectivity index is 0.000000193. The summed E-state index contributed by atoms with van der Waals surface area (Å²) in [5.41, 5.74) is 6.82. The van der Waals surface area contributed by atoms with Crippen LogP contribution in [0.3, 0.4) is 0 Å². The Hall–Kier alpha value is -1.17. The first-order valence-corrected chi connectivity index (χ1v) is 9.44. The van der Waals surface area contributed by atoms with Gasteiger partial charge in [-0.1, -0.05) is 26.8 Å². The van der Waals surface area contributed by atoms with Crippen LogP contribution in [0.15, 0.2) is 24.1 Å². The van der Waals surface area contributed by atoms with Crippen molar-refractivity contribution in [1.82, 2.24) is 14.9 Å². The molecule has 0 atom stereocenters. The fraction of sp³-hybridized carbons (Fsp3) is 0.556. The minimum Gasteiger partial charge on any atom is -0.382 e. The Morgan fingerprint density at radius 2 is 1.96 bits per heavy atom. The maximum absolute atomic E-state index is 5.58. The molecule has 0 unspecified atom stereocenters. The summed E-state index contributed by atoms with van der Waals surface area (Å²) in [5, 5.41) is 2.11. The molecule has 4 nitrogen and oxygen atoms in total. The Labute approximate surface area is 154 Å². The predicted octanol–water partition coefficient (Wildman–Crippen LogP) is 5.25. The molecule has 1 saturated heterocycles.